The number of nitrogens with zero attached hydrogens (tertiary/aromatic N) is 2. The Hall–Kier alpha value is -3.39. The molecular formula is C26H23N2+. The Morgan fingerprint density at radius 2 is 1.46 bits per heavy atom. The number of aromatic nitrogens is 2. The Labute approximate surface area is 165 Å². The third-order valence-electron chi connectivity index (χ3n) is 5.86. The molecule has 2 aromatic heterocycles. The van der Waals surface area contributed by atoms with Gasteiger partial charge < -0.3 is 4.57 Å². The van der Waals surface area contributed by atoms with E-state index in [0.717, 1.165) is 0 Å². The van der Waals surface area contributed by atoms with Crippen LogP contribution in [0.15, 0.2) is 85.1 Å². The predicted octanol–water partition coefficient (Wildman–Crippen LogP) is 5.80. The highest BCUT2D eigenvalue weighted by Gasteiger charge is 2.19. The molecule has 0 N–H and O–H groups in total. The van der Waals surface area contributed by atoms with Crippen LogP contribution in [0.25, 0.3) is 44.2 Å². The molecular weight excluding hydrogens is 340 g/mol. The van der Waals surface area contributed by atoms with Gasteiger partial charge in [-0.25, -0.2) is 4.57 Å². The maximum Gasteiger partial charge on any atom is 0.220 e. The Bertz CT molecular complexity index is 1340. The molecule has 0 amide bonds. The van der Waals surface area contributed by atoms with E-state index < -0.39 is 0 Å². The fourth-order valence-corrected chi connectivity index (χ4v) is 4.37. The second-order valence-electron chi connectivity index (χ2n) is 7.49. The molecule has 136 valence electrons. The molecule has 0 saturated carbocycles. The van der Waals surface area contributed by atoms with E-state index in [0.29, 0.717) is 0 Å². The van der Waals surface area contributed by atoms with Gasteiger partial charge in [0.05, 0.1) is 10.9 Å². The zero-order valence-corrected chi connectivity index (χ0v) is 16.5. The Morgan fingerprint density at radius 1 is 0.750 bits per heavy atom. The van der Waals surface area contributed by atoms with E-state index in [1.807, 2.05) is 0 Å². The van der Waals surface area contributed by atoms with Gasteiger partial charge in [0.2, 0.25) is 5.69 Å². The number of aryl methyl sites for hydroxylation is 2. The predicted molar refractivity (Wildman–Crippen MR) is 117 cm³/mol. The summed E-state index contributed by atoms with van der Waals surface area (Å²) in [5, 5.41) is 3.83. The summed E-state index contributed by atoms with van der Waals surface area (Å²) >= 11 is 0. The molecule has 0 aliphatic rings. The van der Waals surface area contributed by atoms with E-state index in [1.165, 1.54) is 49.8 Å². The van der Waals surface area contributed by atoms with Crippen molar-refractivity contribution in [3.63, 3.8) is 0 Å². The van der Waals surface area contributed by atoms with Gasteiger partial charge in [-0.2, -0.15) is 0 Å². The van der Waals surface area contributed by atoms with Crippen molar-refractivity contribution in [3.8, 4) is 22.5 Å². The van der Waals surface area contributed by atoms with Crippen molar-refractivity contribution in [2.45, 2.75) is 6.92 Å². The molecule has 0 bridgehead atoms. The summed E-state index contributed by atoms with van der Waals surface area (Å²) in [7, 11) is 4.28. The summed E-state index contributed by atoms with van der Waals surface area (Å²) in [5.41, 5.74) is 7.64. The fraction of sp³-hybridized carbons (Fsp3) is 0.115. The first kappa shape index (κ1) is 16.8. The first-order valence-corrected chi connectivity index (χ1v) is 9.67. The van der Waals surface area contributed by atoms with Crippen LogP contribution >= 0.6 is 0 Å². The molecule has 0 saturated heterocycles. The van der Waals surface area contributed by atoms with Gasteiger partial charge in [0.25, 0.3) is 0 Å². The maximum absolute atomic E-state index is 2.30. The second kappa shape index (κ2) is 6.35. The van der Waals surface area contributed by atoms with Crippen molar-refractivity contribution in [3.05, 3.63) is 90.6 Å². The van der Waals surface area contributed by atoms with Crippen molar-refractivity contribution >= 4 is 21.7 Å². The first-order chi connectivity index (χ1) is 13.6. The van der Waals surface area contributed by atoms with Crippen LogP contribution in [0, 0.1) is 6.92 Å². The summed E-state index contributed by atoms with van der Waals surface area (Å²) in [4.78, 5) is 0. The molecule has 3 aromatic carbocycles. The van der Waals surface area contributed by atoms with E-state index in [2.05, 4.69) is 115 Å². The topological polar surface area (TPSA) is 8.81 Å². The normalized spacial score (nSPS) is 11.4. The molecule has 5 rings (SSSR count). The van der Waals surface area contributed by atoms with E-state index in [1.54, 1.807) is 0 Å². The summed E-state index contributed by atoms with van der Waals surface area (Å²) in [5.74, 6) is 0. The molecule has 28 heavy (non-hydrogen) atoms. The molecule has 0 unspecified atom stereocenters. The Balaban J connectivity index is 1.79. The average Bonchev–Trinajstić information content (AvgIpc) is 3.05. The van der Waals surface area contributed by atoms with Gasteiger partial charge in [0, 0.05) is 35.3 Å². The van der Waals surface area contributed by atoms with Gasteiger partial charge in [-0.3, -0.25) is 0 Å². The third kappa shape index (κ3) is 2.45. The van der Waals surface area contributed by atoms with Crippen LogP contribution in [0.4, 0.5) is 0 Å². The van der Waals surface area contributed by atoms with Crippen molar-refractivity contribution in [2.24, 2.45) is 14.1 Å². The molecule has 0 aliphatic carbocycles. The molecule has 2 heteroatoms. The minimum Gasteiger partial charge on any atom is -0.344 e. The zero-order chi connectivity index (χ0) is 19.3. The van der Waals surface area contributed by atoms with E-state index in [9.17, 15) is 0 Å². The summed E-state index contributed by atoms with van der Waals surface area (Å²) < 4.78 is 4.53. The van der Waals surface area contributed by atoms with Crippen LogP contribution in [0.5, 0.6) is 0 Å². The lowest BCUT2D eigenvalue weighted by atomic mass is 9.95. The molecule has 0 atom stereocenters. The van der Waals surface area contributed by atoms with Crippen LogP contribution in [0.2, 0.25) is 0 Å². The summed E-state index contributed by atoms with van der Waals surface area (Å²) in [6.07, 6.45) is 2.15. The SMILES string of the molecule is Cc1c(-c2cc3ccccc3n2C)cccc1-c1c2ccccc2cc[n+]1C. The van der Waals surface area contributed by atoms with Crippen LogP contribution in [-0.4, -0.2) is 4.57 Å². The lowest BCUT2D eigenvalue weighted by Gasteiger charge is -2.13. The molecule has 2 nitrogen and oxygen atoms in total. The fourth-order valence-electron chi connectivity index (χ4n) is 4.37. The van der Waals surface area contributed by atoms with Gasteiger partial charge in [0.15, 0.2) is 6.20 Å². The monoisotopic (exact) mass is 363 g/mol. The smallest absolute Gasteiger partial charge is 0.220 e. The third-order valence-corrected chi connectivity index (χ3v) is 5.86. The standard InChI is InChI=1S/C26H23N2/c1-18-21(25-17-20-10-5-7-14-24(20)28(25)3)12-8-13-22(18)26-23-11-6-4-9-19(23)15-16-27(26)2/h4-17H,1-3H3/q+1. The number of rotatable bonds is 2. The highest BCUT2D eigenvalue weighted by atomic mass is 14.9. The van der Waals surface area contributed by atoms with Gasteiger partial charge in [-0.05, 0) is 42.1 Å². The number of pyridine rings is 1. The van der Waals surface area contributed by atoms with Gasteiger partial charge in [-0.15, -0.1) is 0 Å². The van der Waals surface area contributed by atoms with Crippen LogP contribution < -0.4 is 4.57 Å². The van der Waals surface area contributed by atoms with Crippen molar-refractivity contribution in [1.29, 1.82) is 0 Å². The van der Waals surface area contributed by atoms with E-state index >= 15 is 0 Å². The number of para-hydroxylation sites is 1. The van der Waals surface area contributed by atoms with Crippen LogP contribution in [-0.2, 0) is 14.1 Å². The molecule has 2 heterocycles. The molecule has 0 aliphatic heterocycles. The van der Waals surface area contributed by atoms with Crippen molar-refractivity contribution < 1.29 is 4.57 Å². The van der Waals surface area contributed by atoms with E-state index in [4.69, 9.17) is 0 Å². The van der Waals surface area contributed by atoms with Crippen molar-refractivity contribution in [2.75, 3.05) is 0 Å². The number of hydrogen-bond acceptors (Lipinski definition) is 0. The summed E-state index contributed by atoms with van der Waals surface area (Å²) in [6, 6.07) is 28.3. The molecule has 0 radical (unpaired) electrons. The quantitative estimate of drug-likeness (QED) is 0.351. The summed E-state index contributed by atoms with van der Waals surface area (Å²) in [6.45, 7) is 2.24. The van der Waals surface area contributed by atoms with Crippen molar-refractivity contribution in [1.82, 2.24) is 4.57 Å². The highest BCUT2D eigenvalue weighted by molar-refractivity contribution is 5.95. The number of hydrogen-bond donors (Lipinski definition) is 0. The minimum absolute atomic E-state index is 1.25. The second-order valence-corrected chi connectivity index (χ2v) is 7.49. The molecule has 5 aromatic rings. The molecule has 0 spiro atoms. The van der Waals surface area contributed by atoms with Gasteiger partial charge >= 0.3 is 0 Å². The number of benzene rings is 3. The van der Waals surface area contributed by atoms with Gasteiger partial charge in [0.1, 0.15) is 7.05 Å². The Morgan fingerprint density at radius 3 is 2.29 bits per heavy atom. The highest BCUT2D eigenvalue weighted by Crippen LogP contribution is 2.35. The van der Waals surface area contributed by atoms with Gasteiger partial charge in [-0.1, -0.05) is 48.5 Å². The zero-order valence-electron chi connectivity index (χ0n) is 16.5. The minimum atomic E-state index is 1.25. The first-order valence-electron chi connectivity index (χ1n) is 9.67. The maximum atomic E-state index is 2.30. The van der Waals surface area contributed by atoms with Crippen LogP contribution in [0.3, 0.4) is 0 Å². The van der Waals surface area contributed by atoms with E-state index in [-0.39, 0.29) is 0 Å². The lowest BCUT2D eigenvalue weighted by Crippen LogP contribution is -2.30. The largest absolute Gasteiger partial charge is 0.344 e. The lowest BCUT2D eigenvalue weighted by molar-refractivity contribution is -0.659. The average molecular weight is 363 g/mol. The number of fused-ring (bicyclic) bond motifs is 2. The Kier molecular flexibility index (Phi) is 3.80. The van der Waals surface area contributed by atoms with Crippen LogP contribution in [0.1, 0.15) is 5.56 Å². The molecule has 0 fully saturated rings.